The van der Waals surface area contributed by atoms with E-state index in [4.69, 9.17) is 5.11 Å². The minimum atomic E-state index is -0.711. The Morgan fingerprint density at radius 1 is 1.00 bits per heavy atom. The third-order valence-electron chi connectivity index (χ3n) is 10.1. The molecule has 2 heterocycles. The summed E-state index contributed by atoms with van der Waals surface area (Å²) in [5.41, 5.74) is 14.3. The Morgan fingerprint density at radius 2 is 1.73 bits per heavy atom. The zero-order valence-corrected chi connectivity index (χ0v) is 28.2. The molecule has 238 valence electrons. The number of hydrogen-bond acceptors (Lipinski definition) is 3. The first kappa shape index (κ1) is 32.6. The zero-order valence-electron chi connectivity index (χ0n) is 28.2. The summed E-state index contributed by atoms with van der Waals surface area (Å²) < 4.78 is 2.46. The van der Waals surface area contributed by atoms with E-state index in [1.165, 1.54) is 45.2 Å². The molecule has 0 saturated heterocycles. The van der Waals surface area contributed by atoms with Gasteiger partial charge < -0.3 is 15.3 Å². The topological polar surface area (TPSA) is 55.6 Å². The molecule has 2 N–H and O–H groups in total. The number of likely N-dealkylation sites (N-methyl/N-ethyl adjacent to an activating group) is 1. The van der Waals surface area contributed by atoms with Crippen LogP contribution in [0.25, 0.3) is 0 Å². The van der Waals surface area contributed by atoms with Crippen LogP contribution >= 0.6 is 0 Å². The van der Waals surface area contributed by atoms with Crippen molar-refractivity contribution in [3.63, 3.8) is 0 Å². The number of allylic oxidation sites excluding steroid dienone is 4. The van der Waals surface area contributed by atoms with Gasteiger partial charge in [0.05, 0.1) is 11.1 Å². The molecule has 0 bridgehead atoms. The molecule has 5 nitrogen and oxygen atoms in total. The molecule has 5 rings (SSSR count). The number of fused-ring (bicyclic) bond motifs is 2. The van der Waals surface area contributed by atoms with E-state index in [-0.39, 0.29) is 23.2 Å². The van der Waals surface area contributed by atoms with Gasteiger partial charge >= 0.3 is 5.97 Å². The van der Waals surface area contributed by atoms with Gasteiger partial charge in [-0.1, -0.05) is 48.9 Å². The lowest BCUT2D eigenvalue weighted by Crippen LogP contribution is -2.28. The molecule has 0 aromatic heterocycles. The van der Waals surface area contributed by atoms with Crippen LogP contribution in [0, 0.1) is 5.92 Å². The van der Waals surface area contributed by atoms with Gasteiger partial charge in [-0.2, -0.15) is 4.58 Å². The fraction of sp³-hybridized carbons (Fsp3) is 0.475. The van der Waals surface area contributed by atoms with E-state index < -0.39 is 5.97 Å². The highest BCUT2D eigenvalue weighted by Gasteiger charge is 2.43. The Kier molecular flexibility index (Phi) is 9.89. The largest absolute Gasteiger partial charge is 0.481 e. The van der Waals surface area contributed by atoms with Crippen LogP contribution in [0.5, 0.6) is 0 Å². The molecule has 45 heavy (non-hydrogen) atoms. The van der Waals surface area contributed by atoms with Gasteiger partial charge in [-0.15, -0.1) is 5.73 Å². The highest BCUT2D eigenvalue weighted by molar-refractivity contribution is 6.03. The van der Waals surface area contributed by atoms with Crippen molar-refractivity contribution >= 4 is 23.1 Å². The quantitative estimate of drug-likeness (QED) is 0.144. The van der Waals surface area contributed by atoms with Crippen LogP contribution in [-0.2, 0) is 15.6 Å². The van der Waals surface area contributed by atoms with Gasteiger partial charge in [0.1, 0.15) is 6.54 Å². The van der Waals surface area contributed by atoms with Crippen LogP contribution in [0.15, 0.2) is 89.5 Å². The van der Waals surface area contributed by atoms with Crippen molar-refractivity contribution in [1.82, 2.24) is 5.32 Å². The summed E-state index contributed by atoms with van der Waals surface area (Å²) in [5.74, 6) is -0.457. The Bertz CT molecular complexity index is 1580. The first-order valence-electron chi connectivity index (χ1n) is 17.1. The standard InChI is InChI=1S/C40H51N3O2/c1-7-42-33-21-13-11-19-31(33)39(3,4)35(42)26-24-29-17-16-18-30(38(29)41-28-15-9-10-23-37(44)45)25-27-36-40(5,6)32-20-12-14-22-34(32)43(36)8-2/h11-14,19-22,24-26,30H,7-10,15-18,23,28H2,1-6H3,(H,44,45)/p+1. The first-order chi connectivity index (χ1) is 21.6. The highest BCUT2D eigenvalue weighted by atomic mass is 16.4. The van der Waals surface area contributed by atoms with E-state index in [1.807, 2.05) is 0 Å². The second kappa shape index (κ2) is 13.7. The van der Waals surface area contributed by atoms with Crippen molar-refractivity contribution in [3.05, 3.63) is 101 Å². The van der Waals surface area contributed by atoms with E-state index in [1.54, 1.807) is 0 Å². The average molecular weight is 607 g/mol. The molecule has 2 aromatic carbocycles. The van der Waals surface area contributed by atoms with Crippen molar-refractivity contribution in [2.24, 2.45) is 5.92 Å². The maximum Gasteiger partial charge on any atom is 0.303 e. The van der Waals surface area contributed by atoms with Gasteiger partial charge in [0.15, 0.2) is 5.71 Å². The molecular weight excluding hydrogens is 554 g/mol. The Hall–Kier alpha value is -3.82. The molecule has 3 aliphatic rings. The lowest BCUT2D eigenvalue weighted by molar-refractivity contribution is -0.433. The summed E-state index contributed by atoms with van der Waals surface area (Å²) in [6.07, 6.45) is 13.2. The molecule has 0 spiro atoms. The van der Waals surface area contributed by atoms with Gasteiger partial charge in [-0.3, -0.25) is 4.79 Å². The minimum absolute atomic E-state index is 0.0630. The highest BCUT2D eigenvalue weighted by Crippen LogP contribution is 2.47. The van der Waals surface area contributed by atoms with Gasteiger partial charge in [-0.05, 0) is 96.9 Å². The maximum atomic E-state index is 11.0. The van der Waals surface area contributed by atoms with E-state index in [0.29, 0.717) is 0 Å². The number of para-hydroxylation sites is 2. The number of aliphatic carboxylic acids is 1. The number of nitrogens with zero attached hydrogens (tertiary/aromatic N) is 2. The number of carbonyl (C=O) groups is 1. The summed E-state index contributed by atoms with van der Waals surface area (Å²) in [5, 5.41) is 12.9. The minimum Gasteiger partial charge on any atom is -0.481 e. The van der Waals surface area contributed by atoms with Crippen molar-refractivity contribution < 1.29 is 14.5 Å². The number of carboxylic acid groups (broad SMARTS) is 1. The number of carboxylic acids is 1. The molecule has 0 saturated carbocycles. The predicted molar refractivity (Wildman–Crippen MR) is 187 cm³/mol. The third kappa shape index (κ3) is 6.47. The van der Waals surface area contributed by atoms with E-state index in [2.05, 4.69) is 129 Å². The van der Waals surface area contributed by atoms with E-state index in [9.17, 15) is 4.79 Å². The normalized spacial score (nSPS) is 20.0. The first-order valence-corrected chi connectivity index (χ1v) is 17.1. The number of benzene rings is 2. The average Bonchev–Trinajstić information content (AvgIpc) is 3.38. The molecule has 0 fully saturated rings. The van der Waals surface area contributed by atoms with Crippen LogP contribution in [0.3, 0.4) is 0 Å². The van der Waals surface area contributed by atoms with E-state index in [0.717, 1.165) is 58.2 Å². The van der Waals surface area contributed by atoms with E-state index >= 15 is 0 Å². The molecule has 1 aliphatic carbocycles. The zero-order chi connectivity index (χ0) is 32.2. The van der Waals surface area contributed by atoms with Gasteiger partial charge in [0.25, 0.3) is 0 Å². The fourth-order valence-corrected chi connectivity index (χ4v) is 7.67. The van der Waals surface area contributed by atoms with Crippen molar-refractivity contribution in [2.75, 3.05) is 24.5 Å². The summed E-state index contributed by atoms with van der Waals surface area (Å²) in [6.45, 7) is 16.5. The van der Waals surface area contributed by atoms with Crippen LogP contribution < -0.4 is 10.2 Å². The summed E-state index contributed by atoms with van der Waals surface area (Å²) in [6, 6.07) is 17.6. The summed E-state index contributed by atoms with van der Waals surface area (Å²) in [4.78, 5) is 13.4. The fourth-order valence-electron chi connectivity index (χ4n) is 7.67. The van der Waals surface area contributed by atoms with Crippen molar-refractivity contribution in [2.45, 2.75) is 97.3 Å². The Balaban J connectivity index is 1.49. The second-order valence-electron chi connectivity index (χ2n) is 13.7. The van der Waals surface area contributed by atoms with Crippen LogP contribution in [-0.4, -0.2) is 41.0 Å². The number of unbranched alkanes of at least 4 members (excludes halogenated alkanes) is 2. The van der Waals surface area contributed by atoms with Gasteiger partial charge in [0.2, 0.25) is 5.69 Å². The molecule has 1 atom stereocenters. The van der Waals surface area contributed by atoms with Gasteiger partial charge in [0, 0.05) is 59.9 Å². The monoisotopic (exact) mass is 606 g/mol. The lowest BCUT2D eigenvalue weighted by atomic mass is 9.80. The molecule has 5 heteroatoms. The predicted octanol–water partition coefficient (Wildman–Crippen LogP) is 8.78. The lowest BCUT2D eigenvalue weighted by Gasteiger charge is -2.27. The Morgan fingerprint density at radius 3 is 2.47 bits per heavy atom. The maximum absolute atomic E-state index is 11.0. The molecule has 2 aromatic rings. The van der Waals surface area contributed by atoms with Crippen molar-refractivity contribution in [3.8, 4) is 0 Å². The summed E-state index contributed by atoms with van der Waals surface area (Å²) in [7, 11) is 0. The Labute approximate surface area is 270 Å². The molecule has 2 aliphatic heterocycles. The second-order valence-corrected chi connectivity index (χ2v) is 13.7. The van der Waals surface area contributed by atoms with Crippen LogP contribution in [0.4, 0.5) is 11.4 Å². The van der Waals surface area contributed by atoms with Crippen LogP contribution in [0.2, 0.25) is 0 Å². The molecular formula is C40H52N3O2+. The molecule has 0 amide bonds. The van der Waals surface area contributed by atoms with Gasteiger partial charge in [-0.25, -0.2) is 0 Å². The molecule has 0 radical (unpaired) electrons. The number of anilines is 1. The smallest absolute Gasteiger partial charge is 0.303 e. The third-order valence-corrected chi connectivity index (χ3v) is 10.1. The number of rotatable bonds is 12. The number of nitrogens with one attached hydrogen (secondary N) is 1. The number of hydrogen-bond donors (Lipinski definition) is 2. The SMILES string of the molecule is CCN1C(=C=CC2CCCC(/C=C/C3=[N+](CC)c4ccccc4C3(C)C)=C2NCCCCCC(=O)O)C(C)(C)c2ccccc21. The van der Waals surface area contributed by atoms with Crippen molar-refractivity contribution in [1.29, 1.82) is 0 Å². The van der Waals surface area contributed by atoms with Crippen LogP contribution in [0.1, 0.15) is 97.6 Å². The summed E-state index contributed by atoms with van der Waals surface area (Å²) >= 11 is 0. The molecule has 1 unspecified atom stereocenters.